The van der Waals surface area contributed by atoms with E-state index in [-0.39, 0.29) is 11.9 Å². The van der Waals surface area contributed by atoms with Crippen LogP contribution in [-0.4, -0.2) is 62.4 Å². The smallest absolute Gasteiger partial charge is 0.255 e. The van der Waals surface area contributed by atoms with Crippen molar-refractivity contribution >= 4 is 11.7 Å². The number of morpholine rings is 1. The van der Waals surface area contributed by atoms with E-state index in [1.807, 2.05) is 35.2 Å². The number of methoxy groups -OCH3 is 2. The Hall–Kier alpha value is -2.80. The Labute approximate surface area is 171 Å². The third-order valence-corrected chi connectivity index (χ3v) is 5.41. The summed E-state index contributed by atoms with van der Waals surface area (Å²) in [6.45, 7) is 3.55. The number of hydrogen-bond donors (Lipinski definition) is 0. The Bertz CT molecular complexity index is 846. The fraction of sp³-hybridized carbons (Fsp3) is 0.455. The molecule has 1 aromatic carbocycles. The highest BCUT2D eigenvalue weighted by atomic mass is 16.5. The van der Waals surface area contributed by atoms with Gasteiger partial charge < -0.3 is 24.0 Å². The number of benzene rings is 1. The lowest BCUT2D eigenvalue weighted by molar-refractivity contribution is 0.0728. The van der Waals surface area contributed by atoms with Crippen molar-refractivity contribution in [2.24, 2.45) is 0 Å². The van der Waals surface area contributed by atoms with Crippen molar-refractivity contribution in [2.45, 2.75) is 25.4 Å². The lowest BCUT2D eigenvalue weighted by Gasteiger charge is -2.28. The number of pyridine rings is 1. The van der Waals surface area contributed by atoms with Gasteiger partial charge in [-0.05, 0) is 43.2 Å². The first-order chi connectivity index (χ1) is 14.2. The van der Waals surface area contributed by atoms with E-state index in [1.165, 1.54) is 0 Å². The average Bonchev–Trinajstić information content (AvgIpc) is 3.63. The van der Waals surface area contributed by atoms with Crippen LogP contribution in [0.2, 0.25) is 0 Å². The first kappa shape index (κ1) is 19.5. The van der Waals surface area contributed by atoms with E-state index in [0.29, 0.717) is 25.3 Å². The number of carbonyl (C=O) groups is 1. The van der Waals surface area contributed by atoms with Gasteiger partial charge in [-0.3, -0.25) is 4.79 Å². The van der Waals surface area contributed by atoms with Crippen LogP contribution in [0, 0.1) is 0 Å². The van der Waals surface area contributed by atoms with E-state index in [9.17, 15) is 4.79 Å². The van der Waals surface area contributed by atoms with Gasteiger partial charge in [0.05, 0.1) is 39.5 Å². The molecule has 0 atom stereocenters. The van der Waals surface area contributed by atoms with Gasteiger partial charge in [0.1, 0.15) is 17.3 Å². The van der Waals surface area contributed by atoms with Crippen LogP contribution in [0.5, 0.6) is 11.5 Å². The quantitative estimate of drug-likeness (QED) is 0.716. The highest BCUT2D eigenvalue weighted by molar-refractivity contribution is 5.94. The Kier molecular flexibility index (Phi) is 5.85. The molecule has 2 aliphatic rings. The highest BCUT2D eigenvalue weighted by Gasteiger charge is 2.34. The summed E-state index contributed by atoms with van der Waals surface area (Å²) >= 11 is 0. The second-order valence-electron chi connectivity index (χ2n) is 7.35. The zero-order valence-corrected chi connectivity index (χ0v) is 17.0. The standard InChI is InChI=1S/C22H27N3O4/c1-27-19-6-7-20(28-2)17(13-19)15-25(18-4-5-18)22(26)16-3-8-21(23-14-16)24-9-11-29-12-10-24/h3,6-8,13-14,18H,4-5,9-12,15H2,1-2H3. The Morgan fingerprint density at radius 3 is 2.59 bits per heavy atom. The van der Waals surface area contributed by atoms with Crippen molar-refractivity contribution in [3.05, 3.63) is 47.7 Å². The molecule has 1 aliphatic heterocycles. The first-order valence-corrected chi connectivity index (χ1v) is 10.00. The zero-order chi connectivity index (χ0) is 20.2. The number of aromatic nitrogens is 1. The molecule has 0 spiro atoms. The third kappa shape index (κ3) is 4.45. The number of carbonyl (C=O) groups excluding carboxylic acids is 1. The molecular weight excluding hydrogens is 370 g/mol. The molecule has 4 rings (SSSR count). The Morgan fingerprint density at radius 1 is 1.17 bits per heavy atom. The molecule has 29 heavy (non-hydrogen) atoms. The summed E-state index contributed by atoms with van der Waals surface area (Å²) in [6, 6.07) is 9.73. The number of hydrogen-bond acceptors (Lipinski definition) is 6. The first-order valence-electron chi connectivity index (χ1n) is 10.00. The Morgan fingerprint density at radius 2 is 1.97 bits per heavy atom. The van der Waals surface area contributed by atoms with Crippen LogP contribution >= 0.6 is 0 Å². The van der Waals surface area contributed by atoms with E-state index in [4.69, 9.17) is 14.2 Å². The van der Waals surface area contributed by atoms with Crippen LogP contribution in [0.25, 0.3) is 0 Å². The predicted octanol–water partition coefficient (Wildman–Crippen LogP) is 2.74. The molecule has 7 heteroatoms. The average molecular weight is 397 g/mol. The molecule has 1 saturated carbocycles. The van der Waals surface area contributed by atoms with Gasteiger partial charge in [-0.2, -0.15) is 0 Å². The molecule has 1 aliphatic carbocycles. The summed E-state index contributed by atoms with van der Waals surface area (Å²) in [6.07, 6.45) is 3.74. The highest BCUT2D eigenvalue weighted by Crippen LogP contribution is 2.33. The minimum absolute atomic E-state index is 0.00148. The maximum Gasteiger partial charge on any atom is 0.255 e. The van der Waals surface area contributed by atoms with Gasteiger partial charge in [-0.15, -0.1) is 0 Å². The third-order valence-electron chi connectivity index (χ3n) is 5.41. The van der Waals surface area contributed by atoms with Gasteiger partial charge in [-0.1, -0.05) is 0 Å². The molecule has 7 nitrogen and oxygen atoms in total. The number of rotatable bonds is 7. The molecule has 2 fully saturated rings. The molecular formula is C22H27N3O4. The van der Waals surface area contributed by atoms with E-state index < -0.39 is 0 Å². The van der Waals surface area contributed by atoms with Crippen molar-refractivity contribution in [1.29, 1.82) is 0 Å². The lowest BCUT2D eigenvalue weighted by Crippen LogP contribution is -2.37. The summed E-state index contributed by atoms with van der Waals surface area (Å²) in [5, 5.41) is 0. The van der Waals surface area contributed by atoms with Crippen molar-refractivity contribution in [2.75, 3.05) is 45.4 Å². The molecule has 0 N–H and O–H groups in total. The molecule has 2 heterocycles. The molecule has 1 amide bonds. The summed E-state index contributed by atoms with van der Waals surface area (Å²) in [5.74, 6) is 2.39. The lowest BCUT2D eigenvalue weighted by atomic mass is 10.1. The van der Waals surface area contributed by atoms with Crippen LogP contribution in [0.1, 0.15) is 28.8 Å². The summed E-state index contributed by atoms with van der Waals surface area (Å²) in [4.78, 5) is 21.9. The van der Waals surface area contributed by atoms with Gasteiger partial charge in [0, 0.05) is 30.9 Å². The van der Waals surface area contributed by atoms with Gasteiger partial charge in [0.25, 0.3) is 5.91 Å². The second kappa shape index (κ2) is 8.69. The second-order valence-corrected chi connectivity index (χ2v) is 7.35. The van der Waals surface area contributed by atoms with Gasteiger partial charge in [0.15, 0.2) is 0 Å². The molecule has 154 valence electrons. The molecule has 0 bridgehead atoms. The van der Waals surface area contributed by atoms with Crippen molar-refractivity contribution in [1.82, 2.24) is 9.88 Å². The van der Waals surface area contributed by atoms with Crippen LogP contribution in [0.3, 0.4) is 0 Å². The summed E-state index contributed by atoms with van der Waals surface area (Å²) in [7, 11) is 3.28. The van der Waals surface area contributed by atoms with Gasteiger partial charge in [-0.25, -0.2) is 4.98 Å². The van der Waals surface area contributed by atoms with E-state index >= 15 is 0 Å². The fourth-order valence-electron chi connectivity index (χ4n) is 3.60. The van der Waals surface area contributed by atoms with Gasteiger partial charge >= 0.3 is 0 Å². The van der Waals surface area contributed by atoms with E-state index in [1.54, 1.807) is 20.4 Å². The van der Waals surface area contributed by atoms with Crippen molar-refractivity contribution in [3.63, 3.8) is 0 Å². The number of anilines is 1. The Balaban J connectivity index is 1.52. The topological polar surface area (TPSA) is 64.1 Å². The van der Waals surface area contributed by atoms with Crippen LogP contribution in [0.4, 0.5) is 5.82 Å². The van der Waals surface area contributed by atoms with Crippen molar-refractivity contribution < 1.29 is 19.0 Å². The fourth-order valence-corrected chi connectivity index (χ4v) is 3.60. The van der Waals surface area contributed by atoms with Crippen molar-refractivity contribution in [3.8, 4) is 11.5 Å². The molecule has 2 aromatic rings. The molecule has 0 radical (unpaired) electrons. The summed E-state index contributed by atoms with van der Waals surface area (Å²) < 4.78 is 16.2. The van der Waals surface area contributed by atoms with E-state index in [0.717, 1.165) is 48.8 Å². The van der Waals surface area contributed by atoms with Crippen LogP contribution in [-0.2, 0) is 11.3 Å². The van der Waals surface area contributed by atoms with Crippen LogP contribution < -0.4 is 14.4 Å². The molecule has 1 aromatic heterocycles. The minimum atomic E-state index is -0.00148. The minimum Gasteiger partial charge on any atom is -0.497 e. The van der Waals surface area contributed by atoms with Gasteiger partial charge in [0.2, 0.25) is 0 Å². The maximum atomic E-state index is 13.3. The number of nitrogens with zero attached hydrogens (tertiary/aromatic N) is 3. The van der Waals surface area contributed by atoms with Crippen LogP contribution in [0.15, 0.2) is 36.5 Å². The maximum absolute atomic E-state index is 13.3. The normalized spacial score (nSPS) is 16.4. The monoisotopic (exact) mass is 397 g/mol. The SMILES string of the molecule is COc1ccc(OC)c(CN(C(=O)c2ccc(N3CCOCC3)nc2)C2CC2)c1. The predicted molar refractivity (Wildman–Crippen MR) is 110 cm³/mol. The molecule has 0 unspecified atom stereocenters. The van der Waals surface area contributed by atoms with E-state index in [2.05, 4.69) is 9.88 Å². The molecule has 1 saturated heterocycles. The largest absolute Gasteiger partial charge is 0.497 e. The summed E-state index contributed by atoms with van der Waals surface area (Å²) in [5.41, 5.74) is 1.54. The number of ether oxygens (including phenoxy) is 3. The zero-order valence-electron chi connectivity index (χ0n) is 17.0. The number of amides is 1.